The molecule has 0 fully saturated rings. The van der Waals surface area contributed by atoms with Crippen LogP contribution in [0.25, 0.3) is 0 Å². The number of aryl methyl sites for hydroxylation is 1. The summed E-state index contributed by atoms with van der Waals surface area (Å²) in [5.41, 5.74) is 1.79. The SMILES string of the molecule is CCOc1ccc(CCC(C)(C)CCNC(C)C)cc1. The number of nitrogens with one attached hydrogen (secondary N) is 1. The van der Waals surface area contributed by atoms with Crippen LogP contribution in [0.5, 0.6) is 5.75 Å². The third-order valence-electron chi connectivity index (χ3n) is 3.68. The molecule has 1 aromatic carbocycles. The Bertz CT molecular complexity index is 368. The van der Waals surface area contributed by atoms with Crippen molar-refractivity contribution in [3.8, 4) is 5.75 Å². The molecule has 0 spiro atoms. The van der Waals surface area contributed by atoms with E-state index >= 15 is 0 Å². The molecule has 1 rings (SSSR count). The molecule has 0 aliphatic carbocycles. The summed E-state index contributed by atoms with van der Waals surface area (Å²) < 4.78 is 5.47. The van der Waals surface area contributed by atoms with Crippen molar-refractivity contribution in [2.75, 3.05) is 13.2 Å². The van der Waals surface area contributed by atoms with Crippen LogP contribution in [0.2, 0.25) is 0 Å². The van der Waals surface area contributed by atoms with E-state index in [-0.39, 0.29) is 0 Å². The van der Waals surface area contributed by atoms with Gasteiger partial charge in [-0.25, -0.2) is 0 Å². The minimum Gasteiger partial charge on any atom is -0.494 e. The molecular formula is C18H31NO. The third-order valence-corrected chi connectivity index (χ3v) is 3.68. The van der Waals surface area contributed by atoms with Crippen LogP contribution in [-0.4, -0.2) is 19.2 Å². The zero-order chi connectivity index (χ0) is 15.0. The summed E-state index contributed by atoms with van der Waals surface area (Å²) in [5.74, 6) is 0.969. The lowest BCUT2D eigenvalue weighted by Gasteiger charge is -2.25. The van der Waals surface area contributed by atoms with Crippen molar-refractivity contribution in [1.29, 1.82) is 0 Å². The fourth-order valence-electron chi connectivity index (χ4n) is 2.23. The minimum atomic E-state index is 0.389. The summed E-state index contributed by atoms with van der Waals surface area (Å²) in [7, 11) is 0. The van der Waals surface area contributed by atoms with E-state index in [4.69, 9.17) is 4.74 Å². The highest BCUT2D eigenvalue weighted by Gasteiger charge is 2.17. The van der Waals surface area contributed by atoms with Crippen LogP contribution in [0.15, 0.2) is 24.3 Å². The summed E-state index contributed by atoms with van der Waals surface area (Å²) in [6.07, 6.45) is 3.59. The first kappa shape index (κ1) is 17.0. The zero-order valence-corrected chi connectivity index (χ0v) is 13.8. The number of hydrogen-bond donors (Lipinski definition) is 1. The Morgan fingerprint density at radius 2 is 1.75 bits per heavy atom. The standard InChI is InChI=1S/C18H31NO/c1-6-20-17-9-7-16(8-10-17)11-12-18(4,5)13-14-19-15(2)3/h7-10,15,19H,6,11-14H2,1-5H3. The van der Waals surface area contributed by atoms with Gasteiger partial charge in [0, 0.05) is 6.04 Å². The normalized spacial score (nSPS) is 11.9. The van der Waals surface area contributed by atoms with Crippen molar-refractivity contribution < 1.29 is 4.74 Å². The Balaban J connectivity index is 2.36. The smallest absolute Gasteiger partial charge is 0.119 e. The predicted molar refractivity (Wildman–Crippen MR) is 87.5 cm³/mol. The molecule has 1 aromatic rings. The Kier molecular flexibility index (Phi) is 7.08. The molecule has 0 saturated carbocycles. The molecule has 0 bridgehead atoms. The molecule has 0 heterocycles. The van der Waals surface area contributed by atoms with Gasteiger partial charge < -0.3 is 10.1 Å². The molecule has 20 heavy (non-hydrogen) atoms. The molecule has 114 valence electrons. The molecule has 0 radical (unpaired) electrons. The Morgan fingerprint density at radius 1 is 1.10 bits per heavy atom. The molecule has 0 aromatic heterocycles. The van der Waals surface area contributed by atoms with Gasteiger partial charge >= 0.3 is 0 Å². The fraction of sp³-hybridized carbons (Fsp3) is 0.667. The Hall–Kier alpha value is -1.02. The van der Waals surface area contributed by atoms with E-state index in [9.17, 15) is 0 Å². The van der Waals surface area contributed by atoms with Gasteiger partial charge in [-0.2, -0.15) is 0 Å². The van der Waals surface area contributed by atoms with Gasteiger partial charge in [0.15, 0.2) is 0 Å². The van der Waals surface area contributed by atoms with E-state index in [1.807, 2.05) is 6.92 Å². The predicted octanol–water partition coefficient (Wildman–Crippen LogP) is 4.43. The molecular weight excluding hydrogens is 246 g/mol. The first-order chi connectivity index (χ1) is 9.43. The maximum Gasteiger partial charge on any atom is 0.119 e. The highest BCUT2D eigenvalue weighted by atomic mass is 16.5. The van der Waals surface area contributed by atoms with Gasteiger partial charge in [0.05, 0.1) is 6.61 Å². The van der Waals surface area contributed by atoms with Gasteiger partial charge in [0.25, 0.3) is 0 Å². The molecule has 2 heteroatoms. The average Bonchev–Trinajstić information content (AvgIpc) is 2.38. The van der Waals surface area contributed by atoms with Crippen molar-refractivity contribution in [2.45, 2.75) is 59.9 Å². The van der Waals surface area contributed by atoms with Gasteiger partial charge in [0.1, 0.15) is 5.75 Å². The Morgan fingerprint density at radius 3 is 2.30 bits per heavy atom. The van der Waals surface area contributed by atoms with Gasteiger partial charge in [-0.15, -0.1) is 0 Å². The highest BCUT2D eigenvalue weighted by molar-refractivity contribution is 5.27. The van der Waals surface area contributed by atoms with Crippen LogP contribution < -0.4 is 10.1 Å². The lowest BCUT2D eigenvalue weighted by Crippen LogP contribution is -2.28. The molecule has 0 aliphatic heterocycles. The minimum absolute atomic E-state index is 0.389. The van der Waals surface area contributed by atoms with Crippen LogP contribution in [0, 0.1) is 5.41 Å². The second-order valence-corrected chi connectivity index (χ2v) is 6.60. The zero-order valence-electron chi connectivity index (χ0n) is 13.8. The van der Waals surface area contributed by atoms with Crippen molar-refractivity contribution >= 4 is 0 Å². The van der Waals surface area contributed by atoms with Crippen LogP contribution in [-0.2, 0) is 6.42 Å². The molecule has 0 unspecified atom stereocenters. The van der Waals surface area contributed by atoms with E-state index < -0.39 is 0 Å². The number of ether oxygens (including phenoxy) is 1. The quantitative estimate of drug-likeness (QED) is 0.721. The van der Waals surface area contributed by atoms with Gasteiger partial charge in [0.2, 0.25) is 0 Å². The molecule has 0 atom stereocenters. The number of hydrogen-bond acceptors (Lipinski definition) is 2. The third kappa shape index (κ3) is 6.95. The van der Waals surface area contributed by atoms with E-state index in [2.05, 4.69) is 57.3 Å². The summed E-state index contributed by atoms with van der Waals surface area (Å²) in [5, 5.41) is 3.50. The monoisotopic (exact) mass is 277 g/mol. The fourth-order valence-corrected chi connectivity index (χ4v) is 2.23. The summed E-state index contributed by atoms with van der Waals surface area (Å²) in [6, 6.07) is 9.11. The maximum absolute atomic E-state index is 5.47. The lowest BCUT2D eigenvalue weighted by atomic mass is 9.83. The molecule has 0 saturated heterocycles. The first-order valence-electron chi connectivity index (χ1n) is 7.88. The lowest BCUT2D eigenvalue weighted by molar-refractivity contribution is 0.298. The van der Waals surface area contributed by atoms with Crippen LogP contribution in [0.1, 0.15) is 53.0 Å². The van der Waals surface area contributed by atoms with E-state index in [1.165, 1.54) is 18.4 Å². The average molecular weight is 277 g/mol. The largest absolute Gasteiger partial charge is 0.494 e. The summed E-state index contributed by atoms with van der Waals surface area (Å²) in [4.78, 5) is 0. The van der Waals surface area contributed by atoms with Crippen molar-refractivity contribution in [3.63, 3.8) is 0 Å². The molecule has 0 amide bonds. The number of benzene rings is 1. The van der Waals surface area contributed by atoms with E-state index in [1.54, 1.807) is 0 Å². The van der Waals surface area contributed by atoms with Crippen molar-refractivity contribution in [3.05, 3.63) is 29.8 Å². The van der Waals surface area contributed by atoms with Crippen molar-refractivity contribution in [1.82, 2.24) is 5.32 Å². The maximum atomic E-state index is 5.47. The van der Waals surface area contributed by atoms with Crippen LogP contribution in [0.4, 0.5) is 0 Å². The Labute approximate surface area is 124 Å². The van der Waals surface area contributed by atoms with Gasteiger partial charge in [-0.1, -0.05) is 39.8 Å². The number of rotatable bonds is 9. The topological polar surface area (TPSA) is 21.3 Å². The highest BCUT2D eigenvalue weighted by Crippen LogP contribution is 2.27. The first-order valence-corrected chi connectivity index (χ1v) is 7.88. The molecule has 2 nitrogen and oxygen atoms in total. The molecule has 0 aliphatic rings. The van der Waals surface area contributed by atoms with E-state index in [0.717, 1.165) is 25.3 Å². The van der Waals surface area contributed by atoms with Crippen LogP contribution in [0.3, 0.4) is 0 Å². The van der Waals surface area contributed by atoms with Gasteiger partial charge in [-0.05, 0) is 55.8 Å². The van der Waals surface area contributed by atoms with Crippen molar-refractivity contribution in [2.24, 2.45) is 5.41 Å². The second kappa shape index (κ2) is 8.31. The molecule has 1 N–H and O–H groups in total. The van der Waals surface area contributed by atoms with Gasteiger partial charge in [-0.3, -0.25) is 0 Å². The van der Waals surface area contributed by atoms with E-state index in [0.29, 0.717) is 11.5 Å². The second-order valence-electron chi connectivity index (χ2n) is 6.60. The summed E-state index contributed by atoms with van der Waals surface area (Å²) >= 11 is 0. The summed E-state index contributed by atoms with van der Waals surface area (Å²) in [6.45, 7) is 13.0. The van der Waals surface area contributed by atoms with Crippen LogP contribution >= 0.6 is 0 Å².